The Kier molecular flexibility index (Phi) is 3.45. The normalized spacial score (nSPS) is 10.7. The number of primary amides is 1. The van der Waals surface area contributed by atoms with Crippen LogP contribution < -0.4 is 5.73 Å². The number of amides is 1. The van der Waals surface area contributed by atoms with Crippen LogP contribution in [0.2, 0.25) is 0 Å². The lowest BCUT2D eigenvalue weighted by atomic mass is 9.95. The Labute approximate surface area is 90.7 Å². The van der Waals surface area contributed by atoms with Crippen LogP contribution >= 0.6 is 0 Å². The second kappa shape index (κ2) is 4.43. The number of aromatic nitrogens is 1. The van der Waals surface area contributed by atoms with Gasteiger partial charge in [0.25, 0.3) is 5.91 Å². The number of rotatable bonds is 3. The fourth-order valence-corrected chi connectivity index (χ4v) is 1.73. The van der Waals surface area contributed by atoms with Gasteiger partial charge in [-0.15, -0.1) is 0 Å². The first-order valence-electron chi connectivity index (χ1n) is 5.18. The highest BCUT2D eigenvalue weighted by atomic mass is 16.1. The van der Waals surface area contributed by atoms with Gasteiger partial charge < -0.3 is 5.73 Å². The maximum absolute atomic E-state index is 11.2. The summed E-state index contributed by atoms with van der Waals surface area (Å²) in [6, 6.07) is 0. The van der Waals surface area contributed by atoms with Crippen LogP contribution in [0.1, 0.15) is 41.0 Å². The van der Waals surface area contributed by atoms with E-state index in [4.69, 9.17) is 5.73 Å². The summed E-state index contributed by atoms with van der Waals surface area (Å²) in [5.74, 6) is 0.150. The highest BCUT2D eigenvalue weighted by Crippen LogP contribution is 2.19. The van der Waals surface area contributed by atoms with Crippen molar-refractivity contribution < 1.29 is 4.79 Å². The summed E-state index contributed by atoms with van der Waals surface area (Å²) in [5.41, 5.74) is 8.95. The van der Waals surface area contributed by atoms with Crippen LogP contribution in [0, 0.1) is 19.8 Å². The van der Waals surface area contributed by atoms with Gasteiger partial charge in [-0.05, 0) is 37.3 Å². The predicted octanol–water partition coefficient (Wildman–Crippen LogP) is 2.00. The monoisotopic (exact) mass is 206 g/mol. The largest absolute Gasteiger partial charge is 0.366 e. The van der Waals surface area contributed by atoms with Crippen molar-refractivity contribution in [1.82, 2.24) is 4.98 Å². The van der Waals surface area contributed by atoms with Gasteiger partial charge in [-0.2, -0.15) is 0 Å². The van der Waals surface area contributed by atoms with Crippen molar-refractivity contribution in [2.24, 2.45) is 11.7 Å². The highest BCUT2D eigenvalue weighted by Gasteiger charge is 2.13. The zero-order chi connectivity index (χ0) is 11.6. The van der Waals surface area contributed by atoms with E-state index >= 15 is 0 Å². The van der Waals surface area contributed by atoms with E-state index in [-0.39, 0.29) is 0 Å². The maximum atomic E-state index is 11.2. The summed E-state index contributed by atoms with van der Waals surface area (Å²) in [5, 5.41) is 0. The summed E-state index contributed by atoms with van der Waals surface area (Å²) in [7, 11) is 0. The van der Waals surface area contributed by atoms with Crippen molar-refractivity contribution in [2.45, 2.75) is 34.1 Å². The number of hydrogen-bond donors (Lipinski definition) is 1. The summed E-state index contributed by atoms with van der Waals surface area (Å²) in [6.07, 6.45) is 2.50. The lowest BCUT2D eigenvalue weighted by Gasteiger charge is -2.13. The Balaban J connectivity index is 3.24. The average molecular weight is 206 g/mol. The third-order valence-electron chi connectivity index (χ3n) is 2.56. The zero-order valence-corrected chi connectivity index (χ0v) is 9.79. The third-order valence-corrected chi connectivity index (χ3v) is 2.56. The van der Waals surface area contributed by atoms with Crippen LogP contribution in [-0.4, -0.2) is 10.9 Å². The molecule has 0 aliphatic carbocycles. The molecule has 0 radical (unpaired) electrons. The molecule has 0 fully saturated rings. The standard InChI is InChI=1S/C12H18N2O/c1-7(2)5-10-8(3)11(12(13)15)6-14-9(10)4/h6-7H,5H2,1-4H3,(H2,13,15). The van der Waals surface area contributed by atoms with Gasteiger partial charge in [-0.25, -0.2) is 0 Å². The van der Waals surface area contributed by atoms with Crippen molar-refractivity contribution in [3.05, 3.63) is 28.6 Å². The van der Waals surface area contributed by atoms with Crippen LogP contribution in [0.15, 0.2) is 6.20 Å². The minimum absolute atomic E-state index is 0.398. The van der Waals surface area contributed by atoms with Crippen molar-refractivity contribution in [3.63, 3.8) is 0 Å². The molecule has 0 bridgehead atoms. The fourth-order valence-electron chi connectivity index (χ4n) is 1.73. The minimum atomic E-state index is -0.398. The molecule has 0 atom stereocenters. The van der Waals surface area contributed by atoms with Crippen LogP contribution in [0.3, 0.4) is 0 Å². The van der Waals surface area contributed by atoms with Gasteiger partial charge >= 0.3 is 0 Å². The highest BCUT2D eigenvalue weighted by molar-refractivity contribution is 5.94. The van der Waals surface area contributed by atoms with E-state index in [0.29, 0.717) is 11.5 Å². The van der Waals surface area contributed by atoms with E-state index in [1.165, 1.54) is 0 Å². The zero-order valence-electron chi connectivity index (χ0n) is 9.79. The molecule has 1 rings (SSSR count). The lowest BCUT2D eigenvalue weighted by molar-refractivity contribution is 0.0999. The first-order valence-corrected chi connectivity index (χ1v) is 5.18. The number of nitrogens with zero attached hydrogens (tertiary/aromatic N) is 1. The van der Waals surface area contributed by atoms with Crippen molar-refractivity contribution >= 4 is 5.91 Å². The Morgan fingerprint density at radius 3 is 2.53 bits per heavy atom. The van der Waals surface area contributed by atoms with E-state index in [1.807, 2.05) is 13.8 Å². The van der Waals surface area contributed by atoms with Crippen LogP contribution in [0.25, 0.3) is 0 Å². The molecule has 1 aromatic rings. The summed E-state index contributed by atoms with van der Waals surface area (Å²) >= 11 is 0. The van der Waals surface area contributed by atoms with Gasteiger partial charge in [0.2, 0.25) is 0 Å². The molecule has 0 aliphatic rings. The van der Waals surface area contributed by atoms with Crippen molar-refractivity contribution in [2.75, 3.05) is 0 Å². The molecule has 15 heavy (non-hydrogen) atoms. The quantitative estimate of drug-likeness (QED) is 0.822. The molecule has 0 spiro atoms. The molecule has 1 heterocycles. The molecule has 1 amide bonds. The Bertz CT molecular complexity index is 383. The van der Waals surface area contributed by atoms with Gasteiger partial charge in [0.1, 0.15) is 0 Å². The van der Waals surface area contributed by atoms with Gasteiger partial charge in [0.15, 0.2) is 0 Å². The maximum Gasteiger partial charge on any atom is 0.250 e. The molecule has 3 nitrogen and oxygen atoms in total. The average Bonchev–Trinajstić information content (AvgIpc) is 2.11. The predicted molar refractivity (Wildman–Crippen MR) is 60.8 cm³/mol. The lowest BCUT2D eigenvalue weighted by Crippen LogP contribution is -2.15. The van der Waals surface area contributed by atoms with Gasteiger partial charge in [-0.3, -0.25) is 9.78 Å². The van der Waals surface area contributed by atoms with Crippen LogP contribution in [0.4, 0.5) is 0 Å². The fraction of sp³-hybridized carbons (Fsp3) is 0.500. The Hall–Kier alpha value is -1.38. The molecule has 2 N–H and O–H groups in total. The van der Waals surface area contributed by atoms with Crippen LogP contribution in [-0.2, 0) is 6.42 Å². The van der Waals surface area contributed by atoms with E-state index < -0.39 is 5.91 Å². The summed E-state index contributed by atoms with van der Waals surface area (Å²) < 4.78 is 0. The molecule has 0 unspecified atom stereocenters. The number of carbonyl (C=O) groups excluding carboxylic acids is 1. The summed E-state index contributed by atoms with van der Waals surface area (Å²) in [6.45, 7) is 8.20. The number of carbonyl (C=O) groups is 1. The number of hydrogen-bond acceptors (Lipinski definition) is 2. The molecule has 0 saturated carbocycles. The Morgan fingerprint density at radius 1 is 1.47 bits per heavy atom. The first-order chi connectivity index (χ1) is 6.93. The van der Waals surface area contributed by atoms with Crippen LogP contribution in [0.5, 0.6) is 0 Å². The number of pyridine rings is 1. The second-order valence-corrected chi connectivity index (χ2v) is 4.32. The van der Waals surface area contributed by atoms with E-state index in [9.17, 15) is 4.79 Å². The van der Waals surface area contributed by atoms with Gasteiger partial charge in [-0.1, -0.05) is 13.8 Å². The molecule has 3 heteroatoms. The molecule has 1 aromatic heterocycles. The third kappa shape index (κ3) is 2.55. The molecule has 82 valence electrons. The molecular weight excluding hydrogens is 188 g/mol. The number of aryl methyl sites for hydroxylation is 1. The smallest absolute Gasteiger partial charge is 0.250 e. The minimum Gasteiger partial charge on any atom is -0.366 e. The SMILES string of the molecule is Cc1ncc(C(N)=O)c(C)c1CC(C)C. The van der Waals surface area contributed by atoms with E-state index in [0.717, 1.165) is 23.2 Å². The van der Waals surface area contributed by atoms with Gasteiger partial charge in [0.05, 0.1) is 5.56 Å². The second-order valence-electron chi connectivity index (χ2n) is 4.32. The summed E-state index contributed by atoms with van der Waals surface area (Å²) in [4.78, 5) is 15.4. The van der Waals surface area contributed by atoms with E-state index in [1.54, 1.807) is 6.20 Å². The Morgan fingerprint density at radius 2 is 2.07 bits per heavy atom. The van der Waals surface area contributed by atoms with Crippen molar-refractivity contribution in [3.8, 4) is 0 Å². The van der Waals surface area contributed by atoms with E-state index in [2.05, 4.69) is 18.8 Å². The topological polar surface area (TPSA) is 56.0 Å². The van der Waals surface area contributed by atoms with Gasteiger partial charge in [0, 0.05) is 11.9 Å². The first kappa shape index (κ1) is 11.7. The molecule has 0 aliphatic heterocycles. The molecule has 0 saturated heterocycles. The number of nitrogens with two attached hydrogens (primary N) is 1. The molecule has 0 aromatic carbocycles. The van der Waals surface area contributed by atoms with Crippen molar-refractivity contribution in [1.29, 1.82) is 0 Å². The molecular formula is C12H18N2O.